The fourth-order valence-electron chi connectivity index (χ4n) is 3.93. The monoisotopic (exact) mass is 440 g/mol. The first-order valence-electron chi connectivity index (χ1n) is 11.6. The molecular weight excluding hydrogens is 404 g/mol. The first-order valence-corrected chi connectivity index (χ1v) is 11.6. The van der Waals surface area contributed by atoms with Crippen LogP contribution in [-0.4, -0.2) is 60.4 Å². The maximum absolute atomic E-state index is 11.1. The Morgan fingerprint density at radius 2 is 2.00 bits per heavy atom. The first-order chi connectivity index (χ1) is 15.5. The van der Waals surface area contributed by atoms with E-state index in [1.54, 1.807) is 4.90 Å². The lowest BCUT2D eigenvalue weighted by atomic mass is 9.84. The van der Waals surface area contributed by atoms with Crippen molar-refractivity contribution in [3.63, 3.8) is 0 Å². The van der Waals surface area contributed by atoms with E-state index in [0.717, 1.165) is 0 Å². The third-order valence-corrected chi connectivity index (χ3v) is 5.66. The van der Waals surface area contributed by atoms with Crippen LogP contribution >= 0.6 is 0 Å². The Bertz CT molecular complexity index is 825. The number of hydrogen-bond donors (Lipinski definition) is 3. The Morgan fingerprint density at radius 1 is 1.25 bits per heavy atom. The molecule has 174 valence electrons. The van der Waals surface area contributed by atoms with Crippen LogP contribution in [0.5, 0.6) is 0 Å². The molecule has 0 amide bonds. The van der Waals surface area contributed by atoms with Crippen molar-refractivity contribution in [3.8, 4) is 0 Å². The van der Waals surface area contributed by atoms with Gasteiger partial charge < -0.3 is 20.6 Å². The molecule has 0 spiro atoms. The number of amidine groups is 1. The second-order valence-electron chi connectivity index (χ2n) is 8.98. The second kappa shape index (κ2) is 12.2. The minimum absolute atomic E-state index is 0.151. The number of aliphatic carboxylic acids is 1. The van der Waals surface area contributed by atoms with Crippen molar-refractivity contribution in [2.45, 2.75) is 58.4 Å². The van der Waals surface area contributed by atoms with Gasteiger partial charge >= 0.3 is 5.97 Å². The molecule has 8 heteroatoms. The van der Waals surface area contributed by atoms with Gasteiger partial charge in [0, 0.05) is 13.1 Å². The number of carbonyl (C=O) groups is 1. The molecule has 1 aliphatic heterocycles. The molecule has 8 nitrogen and oxygen atoms in total. The van der Waals surface area contributed by atoms with Crippen LogP contribution in [0.25, 0.3) is 0 Å². The number of aliphatic imine (C=N–C) groups is 3. The molecule has 3 rings (SSSR count). The molecule has 0 radical (unpaired) electrons. The highest BCUT2D eigenvalue weighted by molar-refractivity contribution is 6.01. The van der Waals surface area contributed by atoms with E-state index in [1.807, 2.05) is 0 Å². The molecule has 0 aromatic heterocycles. The molecular formula is C24H36N6O2. The van der Waals surface area contributed by atoms with Gasteiger partial charge in [-0.05, 0) is 35.8 Å². The predicted octanol–water partition coefficient (Wildman–Crippen LogP) is 3.21. The van der Waals surface area contributed by atoms with Crippen LogP contribution in [0.15, 0.2) is 39.2 Å². The summed E-state index contributed by atoms with van der Waals surface area (Å²) in [4.78, 5) is 26.2. The molecule has 3 N–H and O–H groups in total. The summed E-state index contributed by atoms with van der Waals surface area (Å²) in [6.07, 6.45) is 8.17. The van der Waals surface area contributed by atoms with Crippen LogP contribution in [-0.2, 0) is 11.3 Å². The van der Waals surface area contributed by atoms with Crippen molar-refractivity contribution in [1.29, 1.82) is 0 Å². The number of carboxylic acids is 1. The normalized spacial score (nSPS) is 19.2. The van der Waals surface area contributed by atoms with Gasteiger partial charge in [0.05, 0.1) is 12.9 Å². The summed E-state index contributed by atoms with van der Waals surface area (Å²) >= 11 is 0. The van der Waals surface area contributed by atoms with E-state index in [4.69, 9.17) is 5.11 Å². The number of rotatable bonds is 7. The van der Waals surface area contributed by atoms with E-state index in [9.17, 15) is 4.79 Å². The number of nitrogens with one attached hydrogen (secondary N) is 2. The topological polar surface area (TPSA) is 102 Å². The quantitative estimate of drug-likeness (QED) is 0.604. The zero-order valence-electron chi connectivity index (χ0n) is 19.3. The van der Waals surface area contributed by atoms with Gasteiger partial charge in [0.15, 0.2) is 5.96 Å². The van der Waals surface area contributed by atoms with Crippen LogP contribution in [0, 0.1) is 5.92 Å². The van der Waals surface area contributed by atoms with Gasteiger partial charge in [-0.25, -0.2) is 4.99 Å². The highest BCUT2D eigenvalue weighted by Gasteiger charge is 2.15. The van der Waals surface area contributed by atoms with Crippen molar-refractivity contribution in [3.05, 3.63) is 35.4 Å². The standard InChI is InChI=1S/C24H36N6O2/c1-18(2)12-26-22-14-25-16-30(15-23(31)32)17-28-24(29-22)27-13-19-8-10-21(11-9-19)20-6-4-3-5-7-20/h8-11,16,18,20H,3-7,12-15,17H2,1-2H3,(H,31,32)(H2,26,27,28,29). The summed E-state index contributed by atoms with van der Waals surface area (Å²) in [5, 5.41) is 15.7. The lowest BCUT2D eigenvalue weighted by molar-refractivity contribution is -0.137. The molecule has 1 aromatic rings. The van der Waals surface area contributed by atoms with E-state index in [2.05, 4.69) is 63.7 Å². The van der Waals surface area contributed by atoms with E-state index < -0.39 is 5.97 Å². The van der Waals surface area contributed by atoms with Crippen LogP contribution < -0.4 is 10.6 Å². The number of benzene rings is 1. The van der Waals surface area contributed by atoms with E-state index >= 15 is 0 Å². The van der Waals surface area contributed by atoms with Gasteiger partial charge in [0.2, 0.25) is 0 Å². The molecule has 0 atom stereocenters. The minimum Gasteiger partial charge on any atom is -0.480 e. The van der Waals surface area contributed by atoms with Gasteiger partial charge in [0.25, 0.3) is 0 Å². The average molecular weight is 441 g/mol. The fraction of sp³-hybridized carbons (Fsp3) is 0.583. The summed E-state index contributed by atoms with van der Waals surface area (Å²) < 4.78 is 0. The summed E-state index contributed by atoms with van der Waals surface area (Å²) in [5.74, 6) is 1.50. The molecule has 32 heavy (non-hydrogen) atoms. The average Bonchev–Trinajstić information content (AvgIpc) is 2.87. The maximum atomic E-state index is 11.1. The van der Waals surface area contributed by atoms with Crippen LogP contribution in [0.4, 0.5) is 0 Å². The Balaban J connectivity index is 1.65. The predicted molar refractivity (Wildman–Crippen MR) is 129 cm³/mol. The van der Waals surface area contributed by atoms with Crippen molar-refractivity contribution in [2.75, 3.05) is 26.3 Å². The van der Waals surface area contributed by atoms with Crippen LogP contribution in [0.1, 0.15) is 63.0 Å². The van der Waals surface area contributed by atoms with Crippen molar-refractivity contribution in [2.24, 2.45) is 20.9 Å². The van der Waals surface area contributed by atoms with Gasteiger partial charge in [0.1, 0.15) is 19.0 Å². The third-order valence-electron chi connectivity index (χ3n) is 5.66. The number of guanidine groups is 1. The molecule has 0 bridgehead atoms. The molecule has 1 heterocycles. The summed E-state index contributed by atoms with van der Waals surface area (Å²) in [7, 11) is 0. The van der Waals surface area contributed by atoms with Crippen molar-refractivity contribution in [1.82, 2.24) is 15.5 Å². The molecule has 1 fully saturated rings. The molecule has 0 unspecified atom stereocenters. The first kappa shape index (κ1) is 23.8. The maximum Gasteiger partial charge on any atom is 0.323 e. The van der Waals surface area contributed by atoms with Gasteiger partial charge in [-0.1, -0.05) is 57.4 Å². The lowest BCUT2D eigenvalue weighted by Crippen LogP contribution is -2.42. The van der Waals surface area contributed by atoms with Gasteiger partial charge in [-0.2, -0.15) is 0 Å². The SMILES string of the molecule is CC(C)CN=C1CN=CN(CC(=O)O)CN=C(NCc2ccc(C3CCCCC3)cc2)N1. The molecule has 1 aromatic carbocycles. The fourth-order valence-corrected chi connectivity index (χ4v) is 3.93. The Morgan fingerprint density at radius 3 is 2.69 bits per heavy atom. The summed E-state index contributed by atoms with van der Waals surface area (Å²) in [6.45, 7) is 5.92. The summed E-state index contributed by atoms with van der Waals surface area (Å²) in [5.41, 5.74) is 2.61. The molecule has 1 saturated carbocycles. The highest BCUT2D eigenvalue weighted by atomic mass is 16.4. The van der Waals surface area contributed by atoms with E-state index in [-0.39, 0.29) is 13.2 Å². The van der Waals surface area contributed by atoms with Crippen molar-refractivity contribution < 1.29 is 9.90 Å². The van der Waals surface area contributed by atoms with E-state index in [0.29, 0.717) is 43.3 Å². The highest BCUT2D eigenvalue weighted by Crippen LogP contribution is 2.32. The number of nitrogens with zero attached hydrogens (tertiary/aromatic N) is 4. The second-order valence-corrected chi connectivity index (χ2v) is 8.98. The number of hydrogen-bond acceptors (Lipinski definition) is 6. The molecule has 2 aliphatic rings. The van der Waals surface area contributed by atoms with Crippen LogP contribution in [0.2, 0.25) is 0 Å². The largest absolute Gasteiger partial charge is 0.480 e. The van der Waals surface area contributed by atoms with Crippen molar-refractivity contribution >= 4 is 24.1 Å². The molecule has 1 aliphatic carbocycles. The van der Waals surface area contributed by atoms with Crippen LogP contribution in [0.3, 0.4) is 0 Å². The Labute approximate surface area is 190 Å². The smallest absolute Gasteiger partial charge is 0.323 e. The minimum atomic E-state index is -0.917. The molecule has 0 saturated heterocycles. The third kappa shape index (κ3) is 7.98. The van der Waals surface area contributed by atoms with Gasteiger partial charge in [-0.15, -0.1) is 0 Å². The Kier molecular flexibility index (Phi) is 9.07. The number of carboxylic acid groups (broad SMARTS) is 1. The Hall–Kier alpha value is -2.90. The zero-order valence-corrected chi connectivity index (χ0v) is 19.3. The lowest BCUT2D eigenvalue weighted by Gasteiger charge is -2.22. The zero-order chi connectivity index (χ0) is 22.8. The summed E-state index contributed by atoms with van der Waals surface area (Å²) in [6, 6.07) is 8.87. The van der Waals surface area contributed by atoms with Gasteiger partial charge in [-0.3, -0.25) is 14.8 Å². The van der Waals surface area contributed by atoms with E-state index in [1.165, 1.54) is 49.6 Å².